The molecule has 0 spiro atoms. The van der Waals surface area contributed by atoms with Crippen LogP contribution >= 0.6 is 46.4 Å². The summed E-state index contributed by atoms with van der Waals surface area (Å²) in [5.41, 5.74) is 3.08. The van der Waals surface area contributed by atoms with Gasteiger partial charge in [0.25, 0.3) is 5.82 Å². The van der Waals surface area contributed by atoms with Crippen LogP contribution in [0, 0.1) is 0 Å². The summed E-state index contributed by atoms with van der Waals surface area (Å²) in [5, 5.41) is 81.8. The number of anilines is 2. The van der Waals surface area contributed by atoms with Crippen LogP contribution in [0.2, 0.25) is 20.1 Å². The van der Waals surface area contributed by atoms with Crippen molar-refractivity contribution >= 4 is 86.8 Å². The van der Waals surface area contributed by atoms with Crippen molar-refractivity contribution in [2.45, 2.75) is 101 Å². The summed E-state index contributed by atoms with van der Waals surface area (Å²) < 4.78 is 25.8. The molecule has 3 aromatic rings. The zero-order chi connectivity index (χ0) is 44.4. The average molecular weight is 938 g/mol. The van der Waals surface area contributed by atoms with Gasteiger partial charge in [0.05, 0.1) is 57.8 Å². The van der Waals surface area contributed by atoms with Gasteiger partial charge in [-0.25, -0.2) is 18.7 Å². The van der Waals surface area contributed by atoms with Crippen LogP contribution < -0.4 is 14.4 Å². The molecule has 0 bridgehead atoms. The van der Waals surface area contributed by atoms with Crippen molar-refractivity contribution in [3.8, 4) is 0 Å². The highest BCUT2D eigenvalue weighted by Gasteiger charge is 2.48. The number of rotatable bonds is 16. The largest absolute Gasteiger partial charge is 0.479 e. The molecule has 0 amide bonds. The lowest BCUT2D eigenvalue weighted by Gasteiger charge is -2.38. The van der Waals surface area contributed by atoms with Gasteiger partial charge in [0.1, 0.15) is 42.4 Å². The van der Waals surface area contributed by atoms with Crippen LogP contribution in [0.4, 0.5) is 11.4 Å². The number of imidazole rings is 1. The summed E-state index contributed by atoms with van der Waals surface area (Å²) in [6.07, 6.45) is -11.4. The Morgan fingerprint density at radius 3 is 1.67 bits per heavy atom. The fourth-order valence-electron chi connectivity index (χ4n) is 7.64. The van der Waals surface area contributed by atoms with Crippen molar-refractivity contribution in [3.63, 3.8) is 0 Å². The predicted molar refractivity (Wildman–Crippen MR) is 222 cm³/mol. The van der Waals surface area contributed by atoms with Crippen molar-refractivity contribution in [1.82, 2.24) is 4.57 Å². The predicted octanol–water partition coefficient (Wildman–Crippen LogP) is 2.36. The van der Waals surface area contributed by atoms with E-state index in [4.69, 9.17) is 65.4 Å². The first kappa shape index (κ1) is 47.2. The number of aliphatic hydroxyl groups is 6. The van der Waals surface area contributed by atoms with E-state index in [0.717, 1.165) is 17.2 Å². The summed E-state index contributed by atoms with van der Waals surface area (Å²) >= 11 is 26.0. The van der Waals surface area contributed by atoms with Gasteiger partial charge in [-0.3, -0.25) is 0 Å². The molecule has 2 aromatic carbocycles. The van der Waals surface area contributed by atoms with Crippen molar-refractivity contribution in [3.05, 3.63) is 68.2 Å². The van der Waals surface area contributed by atoms with E-state index in [0.29, 0.717) is 40.0 Å². The van der Waals surface area contributed by atoms with E-state index in [2.05, 4.69) is 9.80 Å². The van der Waals surface area contributed by atoms with Gasteiger partial charge in [-0.05, 0) is 32.1 Å². The molecule has 2 fully saturated rings. The molecule has 8 N–H and O–H groups in total. The van der Waals surface area contributed by atoms with Gasteiger partial charge in [0.2, 0.25) is 0 Å². The van der Waals surface area contributed by atoms with Crippen molar-refractivity contribution in [1.29, 1.82) is 0 Å². The number of aryl methyl sites for hydroxylation is 2. The van der Waals surface area contributed by atoms with Gasteiger partial charge in [-0.1, -0.05) is 52.5 Å². The standard InChI is InChI=1S/C39H46Cl4N4O14/c1-3-44-22-14-18(40)19(41)15-23(22)45(4-2)26(44)8-5-9-27-46(10-6-12-58-38-32(52)28(48)30(50)34(60-38)36(54)55)24-16-20(42)21(43)17-25(24)47(27)11-7-13-59-39-33(53)29(49)31(51)35(61-39)37(56)57/h5,8-9,14-17,28-35,38-39,48-53H,3-4,6-7,10-13H2,1-2H3,(H-,54,55,56,57)/p+1. The van der Waals surface area contributed by atoms with Crippen molar-refractivity contribution in [2.24, 2.45) is 0 Å². The molecule has 3 aliphatic heterocycles. The number of carbonyl (C=O) groups is 2. The third-order valence-electron chi connectivity index (χ3n) is 10.7. The van der Waals surface area contributed by atoms with Crippen molar-refractivity contribution < 1.29 is 74.0 Å². The van der Waals surface area contributed by atoms with E-state index < -0.39 is 73.4 Å². The van der Waals surface area contributed by atoms with Gasteiger partial charge >= 0.3 is 11.9 Å². The van der Waals surface area contributed by atoms with Crippen molar-refractivity contribution in [2.75, 3.05) is 36.1 Å². The van der Waals surface area contributed by atoms with Gasteiger partial charge in [-0.15, -0.1) is 0 Å². The average Bonchev–Trinajstić information content (AvgIpc) is 3.66. The lowest BCUT2D eigenvalue weighted by Crippen LogP contribution is -2.60. The van der Waals surface area contributed by atoms with Crippen LogP contribution in [0.5, 0.6) is 0 Å². The summed E-state index contributed by atoms with van der Waals surface area (Å²) in [5.74, 6) is -1.59. The molecule has 3 aliphatic rings. The first-order valence-corrected chi connectivity index (χ1v) is 20.9. The number of hydrogen-bond donors (Lipinski definition) is 8. The Morgan fingerprint density at radius 2 is 1.18 bits per heavy atom. The maximum Gasteiger partial charge on any atom is 0.335 e. The minimum absolute atomic E-state index is 0.0825. The fraction of sp³-hybridized carbons (Fsp3) is 0.513. The molecule has 61 heavy (non-hydrogen) atoms. The first-order valence-electron chi connectivity index (χ1n) is 19.4. The number of halogens is 4. The fourth-order valence-corrected chi connectivity index (χ4v) is 8.27. The monoisotopic (exact) mass is 935 g/mol. The highest BCUT2D eigenvalue weighted by Crippen LogP contribution is 2.45. The van der Waals surface area contributed by atoms with E-state index >= 15 is 0 Å². The quantitative estimate of drug-likeness (QED) is 0.0759. The van der Waals surface area contributed by atoms with Crippen LogP contribution in [-0.2, 0) is 41.6 Å². The number of allylic oxidation sites excluding steroid dienone is 2. The second-order valence-corrected chi connectivity index (χ2v) is 16.1. The molecule has 1 aromatic heterocycles. The lowest BCUT2D eigenvalue weighted by atomic mass is 9.99. The maximum absolute atomic E-state index is 11.6. The second-order valence-electron chi connectivity index (χ2n) is 14.5. The maximum atomic E-state index is 11.6. The van der Waals surface area contributed by atoms with Gasteiger partial charge in [0.15, 0.2) is 35.8 Å². The second kappa shape index (κ2) is 20.0. The minimum Gasteiger partial charge on any atom is -0.479 e. The molecule has 2 saturated heterocycles. The Labute approximate surface area is 369 Å². The normalized spacial score (nSPS) is 28.0. The third kappa shape index (κ3) is 9.63. The zero-order valence-corrected chi connectivity index (χ0v) is 35.8. The van der Waals surface area contributed by atoms with E-state index in [-0.39, 0.29) is 49.2 Å². The number of aliphatic carboxylic acids is 2. The molecule has 0 aliphatic carbocycles. The number of benzene rings is 2. The first-order chi connectivity index (χ1) is 29.0. The van der Waals surface area contributed by atoms with Crippen LogP contribution in [0.3, 0.4) is 0 Å². The number of aliphatic hydroxyl groups excluding tert-OH is 6. The molecule has 334 valence electrons. The summed E-state index contributed by atoms with van der Waals surface area (Å²) in [7, 11) is 0. The number of nitrogens with zero attached hydrogens (tertiary/aromatic N) is 4. The van der Waals surface area contributed by atoms with Gasteiger partial charge < -0.3 is 69.6 Å². The lowest BCUT2D eigenvalue weighted by molar-refractivity contribution is -0.674. The van der Waals surface area contributed by atoms with Gasteiger partial charge in [0, 0.05) is 44.1 Å². The molecule has 18 nitrogen and oxygen atoms in total. The number of aromatic nitrogens is 2. The summed E-state index contributed by atoms with van der Waals surface area (Å²) in [6.45, 7) is 5.60. The topological polar surface area (TPSA) is 248 Å². The van der Waals surface area contributed by atoms with E-state index in [1.807, 2.05) is 53.3 Å². The van der Waals surface area contributed by atoms with Crippen LogP contribution in [-0.4, -0.2) is 145 Å². The molecule has 22 heteroatoms. The molecule has 6 rings (SSSR count). The Bertz CT molecular complexity index is 2020. The number of carboxylic acids is 2. The Morgan fingerprint density at radius 1 is 0.705 bits per heavy atom. The van der Waals surface area contributed by atoms with Crippen LogP contribution in [0.15, 0.2) is 42.2 Å². The number of fused-ring (bicyclic) bond motifs is 2. The molecule has 10 atom stereocenters. The number of hydrogen-bond acceptors (Lipinski definition) is 14. The van der Waals surface area contributed by atoms with E-state index in [1.165, 1.54) is 0 Å². The highest BCUT2D eigenvalue weighted by molar-refractivity contribution is 6.43. The van der Waals surface area contributed by atoms with Crippen LogP contribution in [0.25, 0.3) is 17.1 Å². The SMILES string of the molecule is CCN1C(=C/C=C/c2n(CCCOC3OC(C(=O)O)C(O)C(O)C3O)c3cc(Cl)c(Cl)cc3[n+]2CCCOC2OC(C(=O)O)C(O)C(O)C2O)N(CC)c2cc(Cl)c(Cl)cc21. The molecule has 0 saturated carbocycles. The Kier molecular flexibility index (Phi) is 15.5. The third-order valence-corrected chi connectivity index (χ3v) is 12.1. The number of carboxylic acid groups (broad SMARTS) is 2. The molecule has 0 radical (unpaired) electrons. The number of ether oxygens (including phenoxy) is 4. The van der Waals surface area contributed by atoms with E-state index in [9.17, 15) is 50.4 Å². The summed E-state index contributed by atoms with van der Waals surface area (Å²) in [6, 6.07) is 7.03. The van der Waals surface area contributed by atoms with E-state index in [1.54, 1.807) is 12.1 Å². The summed E-state index contributed by atoms with van der Waals surface area (Å²) in [4.78, 5) is 27.4. The Balaban J connectivity index is 1.31. The van der Waals surface area contributed by atoms with Crippen LogP contribution in [0.1, 0.15) is 32.5 Å². The minimum atomic E-state index is -1.87. The molecule has 4 heterocycles. The molecular formula is C39H47Cl4N4O14+. The highest BCUT2D eigenvalue weighted by atomic mass is 35.5. The smallest absolute Gasteiger partial charge is 0.335 e. The Hall–Kier alpha value is -3.31. The molecule has 10 unspecified atom stereocenters. The molecular weight excluding hydrogens is 890 g/mol. The van der Waals surface area contributed by atoms with Gasteiger partial charge in [-0.2, -0.15) is 0 Å². The zero-order valence-electron chi connectivity index (χ0n) is 32.8.